The molecular weight excluding hydrogens is 374 g/mol. The molecule has 0 N–H and O–H groups in total. The number of benzene rings is 2. The number of rotatable bonds is 2. The minimum Gasteiger partial charge on any atom is -0.267 e. The number of halogens is 4. The Bertz CT molecular complexity index is 900. The average molecular weight is 386 g/mol. The molecule has 1 heterocycles. The molecule has 0 amide bonds. The van der Waals surface area contributed by atoms with Crippen LogP contribution in [0.5, 0.6) is 0 Å². The van der Waals surface area contributed by atoms with Gasteiger partial charge >= 0.3 is 0 Å². The van der Waals surface area contributed by atoms with Gasteiger partial charge in [0.25, 0.3) is 0 Å². The summed E-state index contributed by atoms with van der Waals surface area (Å²) in [5.74, 6) is 0. The second kappa shape index (κ2) is 6.37. The Kier molecular flexibility index (Phi) is 4.61. The molecule has 0 saturated carbocycles. The van der Waals surface area contributed by atoms with Crippen molar-refractivity contribution < 1.29 is 0 Å². The zero-order valence-electron chi connectivity index (χ0n) is 12.4. The van der Waals surface area contributed by atoms with E-state index in [-0.39, 0.29) is 0 Å². The molecule has 0 aliphatic heterocycles. The Morgan fingerprint density at radius 3 is 1.87 bits per heavy atom. The van der Waals surface area contributed by atoms with Gasteiger partial charge in [-0.2, -0.15) is 5.10 Å². The molecule has 0 unspecified atom stereocenters. The number of hydrogen-bond acceptors (Lipinski definition) is 1. The summed E-state index contributed by atoms with van der Waals surface area (Å²) in [6, 6.07) is 11.0. The fourth-order valence-corrected chi connectivity index (χ4v) is 3.19. The summed E-state index contributed by atoms with van der Waals surface area (Å²) in [5, 5.41) is 6.69. The monoisotopic (exact) mass is 384 g/mol. The molecule has 0 radical (unpaired) electrons. The van der Waals surface area contributed by atoms with Crippen LogP contribution in [-0.2, 0) is 7.05 Å². The van der Waals surface area contributed by atoms with Gasteiger partial charge in [-0.1, -0.05) is 58.5 Å². The van der Waals surface area contributed by atoms with Gasteiger partial charge in [-0.05, 0) is 31.2 Å². The van der Waals surface area contributed by atoms with Crippen molar-refractivity contribution in [1.29, 1.82) is 0 Å². The SMILES string of the molecule is Cc1c(-c2ccc(Cl)c(Cl)c2)nn(C)c1-c1ccc(Cl)c(Cl)c1. The second-order valence-corrected chi connectivity index (χ2v) is 6.83. The third kappa shape index (κ3) is 3.09. The lowest BCUT2D eigenvalue weighted by atomic mass is 10.0. The zero-order chi connectivity index (χ0) is 16.7. The van der Waals surface area contributed by atoms with Gasteiger partial charge in [0.15, 0.2) is 0 Å². The van der Waals surface area contributed by atoms with Crippen LogP contribution in [0.2, 0.25) is 20.1 Å². The minimum atomic E-state index is 0.505. The van der Waals surface area contributed by atoms with E-state index in [1.165, 1.54) is 0 Å². The number of hydrogen-bond donors (Lipinski definition) is 0. The Hall–Kier alpha value is -1.19. The second-order valence-electron chi connectivity index (χ2n) is 5.20. The predicted molar refractivity (Wildman–Crippen MR) is 98.9 cm³/mol. The van der Waals surface area contributed by atoms with Crippen LogP contribution in [-0.4, -0.2) is 9.78 Å². The van der Waals surface area contributed by atoms with Gasteiger partial charge in [-0.3, -0.25) is 4.68 Å². The number of aromatic nitrogens is 2. The van der Waals surface area contributed by atoms with Crippen molar-refractivity contribution >= 4 is 46.4 Å². The fourth-order valence-electron chi connectivity index (χ4n) is 2.59. The highest BCUT2D eigenvalue weighted by Crippen LogP contribution is 2.35. The van der Waals surface area contributed by atoms with E-state index in [1.54, 1.807) is 12.1 Å². The molecule has 0 aliphatic rings. The van der Waals surface area contributed by atoms with Crippen molar-refractivity contribution in [2.45, 2.75) is 6.92 Å². The summed E-state index contributed by atoms with van der Waals surface area (Å²) < 4.78 is 1.83. The first kappa shape index (κ1) is 16.7. The molecule has 6 heteroatoms. The molecule has 3 aromatic rings. The van der Waals surface area contributed by atoms with E-state index >= 15 is 0 Å². The van der Waals surface area contributed by atoms with Crippen LogP contribution in [0, 0.1) is 6.92 Å². The van der Waals surface area contributed by atoms with Crippen molar-refractivity contribution in [3.05, 3.63) is 62.1 Å². The van der Waals surface area contributed by atoms with E-state index in [2.05, 4.69) is 5.10 Å². The van der Waals surface area contributed by atoms with Gasteiger partial charge < -0.3 is 0 Å². The van der Waals surface area contributed by atoms with Crippen molar-refractivity contribution in [1.82, 2.24) is 9.78 Å². The van der Waals surface area contributed by atoms with Crippen molar-refractivity contribution in [3.8, 4) is 22.5 Å². The zero-order valence-corrected chi connectivity index (χ0v) is 15.4. The van der Waals surface area contributed by atoms with E-state index in [0.29, 0.717) is 20.1 Å². The predicted octanol–water partition coefficient (Wildman–Crippen LogP) is 6.68. The standard InChI is InChI=1S/C17H12Cl4N2/c1-9-16(10-3-5-12(18)14(20)7-10)22-23(2)17(9)11-4-6-13(19)15(21)8-11/h3-8H,1-2H3. The molecule has 0 saturated heterocycles. The Morgan fingerprint density at radius 2 is 1.30 bits per heavy atom. The minimum absolute atomic E-state index is 0.505. The summed E-state index contributed by atoms with van der Waals surface area (Å²) in [7, 11) is 1.89. The lowest BCUT2D eigenvalue weighted by molar-refractivity contribution is 0.779. The fraction of sp³-hybridized carbons (Fsp3) is 0.118. The maximum absolute atomic E-state index is 6.14. The summed E-state index contributed by atoms with van der Waals surface area (Å²) >= 11 is 24.2. The summed E-state index contributed by atoms with van der Waals surface area (Å²) in [6.45, 7) is 2.02. The van der Waals surface area contributed by atoms with Gasteiger partial charge in [0.1, 0.15) is 0 Å². The molecule has 0 atom stereocenters. The van der Waals surface area contributed by atoms with E-state index < -0.39 is 0 Å². The normalized spacial score (nSPS) is 11.0. The van der Waals surface area contributed by atoms with Gasteiger partial charge in [0, 0.05) is 23.7 Å². The van der Waals surface area contributed by atoms with Gasteiger partial charge in [0.05, 0.1) is 31.5 Å². The van der Waals surface area contributed by atoms with Crippen LogP contribution in [0.15, 0.2) is 36.4 Å². The molecule has 1 aromatic heterocycles. The van der Waals surface area contributed by atoms with Gasteiger partial charge in [-0.15, -0.1) is 0 Å². The van der Waals surface area contributed by atoms with Gasteiger partial charge in [-0.25, -0.2) is 0 Å². The highest BCUT2D eigenvalue weighted by Gasteiger charge is 2.17. The first-order valence-corrected chi connectivity index (χ1v) is 8.34. The summed E-state index contributed by atoms with van der Waals surface area (Å²) in [6.07, 6.45) is 0. The first-order chi connectivity index (χ1) is 10.9. The molecule has 2 aromatic carbocycles. The lowest BCUT2D eigenvalue weighted by Crippen LogP contribution is -1.94. The van der Waals surface area contributed by atoms with Crippen molar-refractivity contribution in [3.63, 3.8) is 0 Å². The average Bonchev–Trinajstić information content (AvgIpc) is 2.80. The van der Waals surface area contributed by atoms with Crippen molar-refractivity contribution in [2.24, 2.45) is 7.05 Å². The molecule has 0 fully saturated rings. The number of nitrogens with zero attached hydrogens (tertiary/aromatic N) is 2. The summed E-state index contributed by atoms with van der Waals surface area (Å²) in [5.41, 5.74) is 4.73. The highest BCUT2D eigenvalue weighted by molar-refractivity contribution is 6.42. The molecule has 0 bridgehead atoms. The maximum Gasteiger partial charge on any atom is 0.0959 e. The summed E-state index contributed by atoms with van der Waals surface area (Å²) in [4.78, 5) is 0. The molecule has 0 aliphatic carbocycles. The van der Waals surface area contributed by atoms with Crippen molar-refractivity contribution in [2.75, 3.05) is 0 Å². The van der Waals surface area contributed by atoms with Crippen LogP contribution >= 0.6 is 46.4 Å². The first-order valence-electron chi connectivity index (χ1n) is 6.83. The Balaban J connectivity index is 2.15. The van der Waals surface area contributed by atoms with Crippen LogP contribution in [0.3, 0.4) is 0 Å². The molecule has 118 valence electrons. The van der Waals surface area contributed by atoms with Gasteiger partial charge in [0.2, 0.25) is 0 Å². The van der Waals surface area contributed by atoms with E-state index in [4.69, 9.17) is 46.4 Å². The van der Waals surface area contributed by atoms with Crippen LogP contribution in [0.1, 0.15) is 5.56 Å². The van der Waals surface area contributed by atoms with E-state index in [9.17, 15) is 0 Å². The molecule has 23 heavy (non-hydrogen) atoms. The molecular formula is C17H12Cl4N2. The van der Waals surface area contributed by atoms with Crippen LogP contribution in [0.4, 0.5) is 0 Å². The lowest BCUT2D eigenvalue weighted by Gasteiger charge is -2.06. The van der Waals surface area contributed by atoms with Crippen LogP contribution in [0.25, 0.3) is 22.5 Å². The molecule has 3 rings (SSSR count). The highest BCUT2D eigenvalue weighted by atomic mass is 35.5. The molecule has 2 nitrogen and oxygen atoms in total. The Labute approximate surface area is 154 Å². The number of aryl methyl sites for hydroxylation is 1. The quantitative estimate of drug-likeness (QED) is 0.481. The van der Waals surface area contributed by atoms with E-state index in [0.717, 1.165) is 28.1 Å². The van der Waals surface area contributed by atoms with Crippen LogP contribution < -0.4 is 0 Å². The third-order valence-corrected chi connectivity index (χ3v) is 5.15. The maximum atomic E-state index is 6.14. The molecule has 0 spiro atoms. The smallest absolute Gasteiger partial charge is 0.0959 e. The van der Waals surface area contributed by atoms with E-state index in [1.807, 2.05) is 42.9 Å². The Morgan fingerprint density at radius 1 is 0.783 bits per heavy atom. The topological polar surface area (TPSA) is 17.8 Å². The largest absolute Gasteiger partial charge is 0.267 e. The third-order valence-electron chi connectivity index (χ3n) is 3.67.